The van der Waals surface area contributed by atoms with Gasteiger partial charge in [0, 0.05) is 17.3 Å². The average molecular weight is 413 g/mol. The highest BCUT2D eigenvalue weighted by Crippen LogP contribution is 2.29. The maximum atomic E-state index is 9.18. The van der Waals surface area contributed by atoms with Crippen molar-refractivity contribution >= 4 is 34.2 Å². The Bertz CT molecular complexity index is 628. The van der Waals surface area contributed by atoms with Crippen LogP contribution in [0.1, 0.15) is 30.2 Å². The molecule has 2 aromatic rings. The highest BCUT2D eigenvalue weighted by molar-refractivity contribution is 14.1. The van der Waals surface area contributed by atoms with Crippen molar-refractivity contribution in [3.8, 4) is 11.8 Å². The summed E-state index contributed by atoms with van der Waals surface area (Å²) in [6.07, 6.45) is 3.44. The van der Waals surface area contributed by atoms with E-state index in [0.717, 1.165) is 23.0 Å². The summed E-state index contributed by atoms with van der Waals surface area (Å²) in [7, 11) is 0. The number of nitrogens with zero attached hydrogens (tertiary/aromatic N) is 2. The zero-order chi connectivity index (χ0) is 15.1. The normalized spacial score (nSPS) is 11.7. The molecular formula is C16H14ClIN2O. The third-order valence-electron chi connectivity index (χ3n) is 2.95. The lowest BCUT2D eigenvalue weighted by Crippen LogP contribution is -2.10. The molecule has 21 heavy (non-hydrogen) atoms. The van der Waals surface area contributed by atoms with E-state index in [-0.39, 0.29) is 6.10 Å². The van der Waals surface area contributed by atoms with Crippen molar-refractivity contribution in [3.63, 3.8) is 0 Å². The Labute approximate surface area is 143 Å². The van der Waals surface area contributed by atoms with Crippen LogP contribution in [0.25, 0.3) is 0 Å². The van der Waals surface area contributed by atoms with Gasteiger partial charge in [0.05, 0.1) is 11.3 Å². The Hall–Kier alpha value is -1.32. The van der Waals surface area contributed by atoms with Gasteiger partial charge in [0.25, 0.3) is 0 Å². The summed E-state index contributed by atoms with van der Waals surface area (Å²) in [6.45, 7) is 0. The van der Waals surface area contributed by atoms with Crippen molar-refractivity contribution in [1.29, 1.82) is 5.26 Å². The maximum Gasteiger partial charge on any atom is 0.141 e. The average Bonchev–Trinajstić information content (AvgIpc) is 2.52. The summed E-state index contributed by atoms with van der Waals surface area (Å²) in [6, 6.07) is 12.9. The molecule has 0 fully saturated rings. The molecule has 2 rings (SSSR count). The highest BCUT2D eigenvalue weighted by atomic mass is 127. The first kappa shape index (κ1) is 16.1. The van der Waals surface area contributed by atoms with Crippen LogP contribution in [0.2, 0.25) is 5.02 Å². The monoisotopic (exact) mass is 412 g/mol. The molecule has 0 bridgehead atoms. The van der Waals surface area contributed by atoms with E-state index in [1.165, 1.54) is 0 Å². The van der Waals surface area contributed by atoms with E-state index in [1.807, 2.05) is 18.2 Å². The van der Waals surface area contributed by atoms with Crippen LogP contribution in [0.4, 0.5) is 0 Å². The Morgan fingerprint density at radius 1 is 1.33 bits per heavy atom. The lowest BCUT2D eigenvalue weighted by Gasteiger charge is -2.19. The van der Waals surface area contributed by atoms with Crippen LogP contribution in [0.5, 0.6) is 5.75 Å². The number of hydrogen-bond acceptors (Lipinski definition) is 3. The van der Waals surface area contributed by atoms with Crippen LogP contribution >= 0.6 is 34.2 Å². The third-order valence-corrected chi connectivity index (χ3v) is 3.95. The van der Waals surface area contributed by atoms with Gasteiger partial charge in [0.1, 0.15) is 17.9 Å². The van der Waals surface area contributed by atoms with Crippen molar-refractivity contribution < 1.29 is 4.74 Å². The number of ether oxygens (including phenoxy) is 1. The summed E-state index contributed by atoms with van der Waals surface area (Å²) < 4.78 is 7.08. The topological polar surface area (TPSA) is 45.9 Å². The number of rotatable bonds is 6. The fraction of sp³-hybridized carbons (Fsp3) is 0.250. The molecule has 1 aromatic heterocycles. The maximum absolute atomic E-state index is 9.18. The van der Waals surface area contributed by atoms with Gasteiger partial charge in [0.2, 0.25) is 0 Å². The van der Waals surface area contributed by atoms with Gasteiger partial charge in [-0.15, -0.1) is 0 Å². The zero-order valence-electron chi connectivity index (χ0n) is 11.3. The number of nitriles is 1. The molecule has 0 N–H and O–H groups in total. The van der Waals surface area contributed by atoms with Crippen LogP contribution in [-0.2, 0) is 0 Å². The molecule has 0 amide bonds. The van der Waals surface area contributed by atoms with Crippen molar-refractivity contribution in [2.45, 2.75) is 18.9 Å². The highest BCUT2D eigenvalue weighted by Gasteiger charge is 2.16. The molecule has 1 aromatic carbocycles. The molecule has 0 aliphatic carbocycles. The molecular weight excluding hydrogens is 399 g/mol. The Morgan fingerprint density at radius 3 is 2.86 bits per heavy atom. The van der Waals surface area contributed by atoms with Crippen molar-refractivity contribution in [3.05, 3.63) is 58.9 Å². The van der Waals surface area contributed by atoms with E-state index in [9.17, 15) is 5.26 Å². The molecule has 3 nitrogen and oxygen atoms in total. The van der Waals surface area contributed by atoms with Gasteiger partial charge >= 0.3 is 0 Å². The molecule has 108 valence electrons. The Morgan fingerprint density at radius 2 is 2.19 bits per heavy atom. The van der Waals surface area contributed by atoms with Crippen LogP contribution in [-0.4, -0.2) is 9.41 Å². The minimum Gasteiger partial charge on any atom is -0.483 e. The molecule has 5 heteroatoms. The minimum absolute atomic E-state index is 0.175. The van der Waals surface area contributed by atoms with Gasteiger partial charge in [-0.2, -0.15) is 5.26 Å². The SMILES string of the molecule is N#Cc1ccc(Cl)cc1OC(CCCI)c1ccccn1. The number of halogens is 2. The molecule has 0 radical (unpaired) electrons. The zero-order valence-corrected chi connectivity index (χ0v) is 14.2. The summed E-state index contributed by atoms with van der Waals surface area (Å²) in [5.74, 6) is 0.508. The van der Waals surface area contributed by atoms with Crippen LogP contribution in [0.15, 0.2) is 42.6 Å². The quantitative estimate of drug-likeness (QED) is 0.498. The largest absolute Gasteiger partial charge is 0.483 e. The van der Waals surface area contributed by atoms with Gasteiger partial charge in [-0.05, 0) is 41.5 Å². The van der Waals surface area contributed by atoms with Gasteiger partial charge in [-0.3, -0.25) is 4.98 Å². The number of pyridine rings is 1. The Kier molecular flexibility index (Phi) is 6.27. The number of hydrogen-bond donors (Lipinski definition) is 0. The molecule has 0 aliphatic heterocycles. The van der Waals surface area contributed by atoms with E-state index < -0.39 is 0 Å². The minimum atomic E-state index is -0.175. The van der Waals surface area contributed by atoms with E-state index >= 15 is 0 Å². The first-order valence-corrected chi connectivity index (χ1v) is 8.48. The summed E-state index contributed by atoms with van der Waals surface area (Å²) >= 11 is 8.34. The Balaban J connectivity index is 2.27. The lowest BCUT2D eigenvalue weighted by atomic mass is 10.1. The number of benzene rings is 1. The predicted molar refractivity (Wildman–Crippen MR) is 91.9 cm³/mol. The second-order valence-electron chi connectivity index (χ2n) is 4.44. The van der Waals surface area contributed by atoms with Crippen LogP contribution in [0.3, 0.4) is 0 Å². The number of alkyl halides is 1. The molecule has 1 atom stereocenters. The summed E-state index contributed by atoms with van der Waals surface area (Å²) in [4.78, 5) is 4.36. The lowest BCUT2D eigenvalue weighted by molar-refractivity contribution is 0.189. The molecule has 1 heterocycles. The predicted octanol–water partition coefficient (Wildman–Crippen LogP) is 4.94. The fourth-order valence-electron chi connectivity index (χ4n) is 1.94. The van der Waals surface area contributed by atoms with Gasteiger partial charge in [-0.25, -0.2) is 0 Å². The number of aromatic nitrogens is 1. The van der Waals surface area contributed by atoms with E-state index in [1.54, 1.807) is 24.4 Å². The van der Waals surface area contributed by atoms with E-state index in [0.29, 0.717) is 16.3 Å². The first-order valence-electron chi connectivity index (χ1n) is 6.58. The molecule has 1 unspecified atom stereocenters. The molecule has 0 spiro atoms. The van der Waals surface area contributed by atoms with Crippen molar-refractivity contribution in [2.75, 3.05) is 4.43 Å². The van der Waals surface area contributed by atoms with Gasteiger partial charge in [-0.1, -0.05) is 40.3 Å². The van der Waals surface area contributed by atoms with E-state index in [4.69, 9.17) is 16.3 Å². The molecule has 0 aliphatic rings. The molecule has 0 saturated heterocycles. The fourth-order valence-corrected chi connectivity index (χ4v) is 2.54. The van der Waals surface area contributed by atoms with Gasteiger partial charge < -0.3 is 4.74 Å². The standard InChI is InChI=1S/C16H14ClIN2O/c17-13-7-6-12(11-19)16(10-13)21-15(5-3-8-18)14-4-1-2-9-20-14/h1-2,4,6-7,9-10,15H,3,5,8H2. The third kappa shape index (κ3) is 4.58. The second-order valence-corrected chi connectivity index (χ2v) is 5.96. The van der Waals surface area contributed by atoms with Crippen molar-refractivity contribution in [2.24, 2.45) is 0 Å². The van der Waals surface area contributed by atoms with Crippen LogP contribution in [0, 0.1) is 11.3 Å². The second kappa shape index (κ2) is 8.20. The molecule has 0 saturated carbocycles. The summed E-state index contributed by atoms with van der Waals surface area (Å²) in [5, 5.41) is 9.73. The summed E-state index contributed by atoms with van der Waals surface area (Å²) in [5.41, 5.74) is 1.35. The van der Waals surface area contributed by atoms with Crippen molar-refractivity contribution in [1.82, 2.24) is 4.98 Å². The van der Waals surface area contributed by atoms with E-state index in [2.05, 4.69) is 33.6 Å². The van der Waals surface area contributed by atoms with Gasteiger partial charge in [0.15, 0.2) is 0 Å². The first-order chi connectivity index (χ1) is 10.2. The smallest absolute Gasteiger partial charge is 0.141 e. The van der Waals surface area contributed by atoms with Crippen LogP contribution < -0.4 is 4.74 Å².